The molecule has 2 aliphatic rings. The summed E-state index contributed by atoms with van der Waals surface area (Å²) < 4.78 is 0. The fourth-order valence-corrected chi connectivity index (χ4v) is 3.24. The molecule has 0 radical (unpaired) electrons. The molecule has 2 nitrogen and oxygen atoms in total. The van der Waals surface area contributed by atoms with Crippen molar-refractivity contribution >= 4 is 0 Å². The van der Waals surface area contributed by atoms with Crippen LogP contribution in [0.25, 0.3) is 0 Å². The van der Waals surface area contributed by atoms with Gasteiger partial charge in [0, 0.05) is 19.5 Å². The fraction of sp³-hybridized carbons (Fsp3) is 0.917. The first kappa shape index (κ1) is 9.98. The summed E-state index contributed by atoms with van der Waals surface area (Å²) in [6, 6.07) is 2.25. The molecule has 0 aromatic heterocycles. The summed E-state index contributed by atoms with van der Waals surface area (Å²) in [5.74, 6) is 0. The van der Waals surface area contributed by atoms with Crippen molar-refractivity contribution in [3.8, 4) is 6.07 Å². The van der Waals surface area contributed by atoms with E-state index >= 15 is 0 Å². The Morgan fingerprint density at radius 3 is 2.57 bits per heavy atom. The van der Waals surface area contributed by atoms with E-state index in [0.717, 1.165) is 6.54 Å². The van der Waals surface area contributed by atoms with Gasteiger partial charge in [0.2, 0.25) is 0 Å². The second kappa shape index (κ2) is 4.31. The molecule has 1 saturated carbocycles. The minimum absolute atomic E-state index is 0.660. The van der Waals surface area contributed by atoms with Gasteiger partial charge in [-0.2, -0.15) is 5.26 Å². The molecule has 1 aliphatic carbocycles. The average Bonchev–Trinajstić information content (AvgIpc) is 2.63. The molecule has 0 N–H and O–H groups in total. The Morgan fingerprint density at radius 1 is 1.14 bits per heavy atom. The summed E-state index contributed by atoms with van der Waals surface area (Å²) >= 11 is 0. The van der Waals surface area contributed by atoms with E-state index < -0.39 is 0 Å². The van der Waals surface area contributed by atoms with E-state index in [1.165, 1.54) is 51.6 Å². The highest BCUT2D eigenvalue weighted by molar-refractivity contribution is 4.91. The van der Waals surface area contributed by atoms with E-state index in [1.807, 2.05) is 0 Å². The molecule has 14 heavy (non-hydrogen) atoms. The lowest BCUT2D eigenvalue weighted by atomic mass is 9.78. The van der Waals surface area contributed by atoms with Crippen LogP contribution in [-0.2, 0) is 0 Å². The molecule has 2 fully saturated rings. The Kier molecular flexibility index (Phi) is 3.08. The normalized spacial score (nSPS) is 26.5. The maximum absolute atomic E-state index is 8.58. The molecule has 0 aromatic rings. The Balaban J connectivity index is 1.87. The molecule has 2 rings (SSSR count). The van der Waals surface area contributed by atoms with Crippen LogP contribution in [0.15, 0.2) is 0 Å². The van der Waals surface area contributed by atoms with Crippen molar-refractivity contribution in [2.75, 3.05) is 19.6 Å². The van der Waals surface area contributed by atoms with Gasteiger partial charge >= 0.3 is 0 Å². The van der Waals surface area contributed by atoms with Crippen LogP contribution in [0.5, 0.6) is 0 Å². The number of nitriles is 1. The summed E-state index contributed by atoms with van der Waals surface area (Å²) in [7, 11) is 0. The summed E-state index contributed by atoms with van der Waals surface area (Å²) in [6.45, 7) is 3.50. The summed E-state index contributed by atoms with van der Waals surface area (Å²) in [5, 5.41) is 8.58. The van der Waals surface area contributed by atoms with Crippen molar-refractivity contribution in [3.05, 3.63) is 0 Å². The molecular weight excluding hydrogens is 172 g/mol. The highest BCUT2D eigenvalue weighted by Crippen LogP contribution is 2.44. The van der Waals surface area contributed by atoms with Gasteiger partial charge in [-0.15, -0.1) is 0 Å². The molecule has 2 heteroatoms. The predicted octanol–water partition coefficient (Wildman–Crippen LogP) is 2.56. The van der Waals surface area contributed by atoms with E-state index in [0.29, 0.717) is 11.8 Å². The number of likely N-dealkylation sites (tertiary alicyclic amines) is 1. The highest BCUT2D eigenvalue weighted by Gasteiger charge is 2.37. The number of nitrogens with zero attached hydrogens (tertiary/aromatic N) is 2. The molecule has 1 saturated heterocycles. The average molecular weight is 192 g/mol. The molecule has 0 unspecified atom stereocenters. The monoisotopic (exact) mass is 192 g/mol. The van der Waals surface area contributed by atoms with Crippen LogP contribution < -0.4 is 0 Å². The Morgan fingerprint density at radius 2 is 1.86 bits per heavy atom. The molecule has 0 atom stereocenters. The Hall–Kier alpha value is -0.550. The van der Waals surface area contributed by atoms with Gasteiger partial charge in [-0.3, -0.25) is 0 Å². The summed E-state index contributed by atoms with van der Waals surface area (Å²) in [6.07, 6.45) is 9.25. The van der Waals surface area contributed by atoms with Crippen molar-refractivity contribution in [1.82, 2.24) is 4.90 Å². The molecule has 0 aromatic carbocycles. The third-order valence-corrected chi connectivity index (χ3v) is 3.94. The first-order valence-corrected chi connectivity index (χ1v) is 5.94. The first-order chi connectivity index (χ1) is 6.85. The van der Waals surface area contributed by atoms with Gasteiger partial charge in [-0.05, 0) is 37.6 Å². The van der Waals surface area contributed by atoms with Gasteiger partial charge in [0.15, 0.2) is 0 Å². The van der Waals surface area contributed by atoms with Gasteiger partial charge in [-0.25, -0.2) is 0 Å². The fourth-order valence-electron chi connectivity index (χ4n) is 3.24. The van der Waals surface area contributed by atoms with Crippen LogP contribution in [0.3, 0.4) is 0 Å². The largest absolute Gasteiger partial charge is 0.302 e. The first-order valence-electron chi connectivity index (χ1n) is 5.94. The molecule has 0 bridgehead atoms. The maximum atomic E-state index is 8.58. The minimum atomic E-state index is 0.660. The Bertz CT molecular complexity index is 223. The zero-order valence-electron chi connectivity index (χ0n) is 8.97. The maximum Gasteiger partial charge on any atom is 0.0635 e. The van der Waals surface area contributed by atoms with E-state index in [1.54, 1.807) is 0 Å². The van der Waals surface area contributed by atoms with Gasteiger partial charge in [0.05, 0.1) is 6.07 Å². The van der Waals surface area contributed by atoms with Crippen LogP contribution in [0.1, 0.15) is 44.9 Å². The topological polar surface area (TPSA) is 27.0 Å². The second-order valence-corrected chi connectivity index (χ2v) is 4.99. The second-order valence-electron chi connectivity index (χ2n) is 4.99. The quantitative estimate of drug-likeness (QED) is 0.672. The lowest BCUT2D eigenvalue weighted by Crippen LogP contribution is -2.42. The van der Waals surface area contributed by atoms with Gasteiger partial charge in [0.1, 0.15) is 0 Å². The van der Waals surface area contributed by atoms with Crippen molar-refractivity contribution in [1.29, 1.82) is 5.26 Å². The predicted molar refractivity (Wildman–Crippen MR) is 56.8 cm³/mol. The zero-order valence-corrected chi connectivity index (χ0v) is 8.97. The number of hydrogen-bond donors (Lipinski definition) is 0. The van der Waals surface area contributed by atoms with Crippen molar-refractivity contribution < 1.29 is 0 Å². The summed E-state index contributed by atoms with van der Waals surface area (Å²) in [4.78, 5) is 2.51. The number of piperidine rings is 1. The molecule has 0 amide bonds. The van der Waals surface area contributed by atoms with Crippen molar-refractivity contribution in [2.24, 2.45) is 5.41 Å². The smallest absolute Gasteiger partial charge is 0.0635 e. The van der Waals surface area contributed by atoms with E-state index in [-0.39, 0.29) is 0 Å². The minimum Gasteiger partial charge on any atom is -0.302 e. The zero-order chi connectivity index (χ0) is 9.86. The van der Waals surface area contributed by atoms with Gasteiger partial charge < -0.3 is 4.90 Å². The van der Waals surface area contributed by atoms with Crippen LogP contribution in [0.4, 0.5) is 0 Å². The third-order valence-electron chi connectivity index (χ3n) is 3.94. The standard InChI is InChI=1S/C12H20N2/c13-8-4-10-14-9-3-7-12(11-14)5-1-2-6-12/h1-7,9-11H2. The van der Waals surface area contributed by atoms with Crippen LogP contribution in [0, 0.1) is 16.7 Å². The summed E-state index contributed by atoms with van der Waals surface area (Å²) in [5.41, 5.74) is 0.660. The lowest BCUT2D eigenvalue weighted by Gasteiger charge is -2.40. The highest BCUT2D eigenvalue weighted by atomic mass is 15.1. The number of hydrogen-bond acceptors (Lipinski definition) is 2. The van der Waals surface area contributed by atoms with E-state index in [2.05, 4.69) is 11.0 Å². The van der Waals surface area contributed by atoms with Gasteiger partial charge in [-0.1, -0.05) is 12.8 Å². The SMILES string of the molecule is N#CCCN1CCCC2(CCCC2)C1. The van der Waals surface area contributed by atoms with Crippen molar-refractivity contribution in [3.63, 3.8) is 0 Å². The molecular formula is C12H20N2. The molecule has 1 heterocycles. The van der Waals surface area contributed by atoms with E-state index in [9.17, 15) is 0 Å². The lowest BCUT2D eigenvalue weighted by molar-refractivity contribution is 0.0949. The van der Waals surface area contributed by atoms with E-state index in [4.69, 9.17) is 5.26 Å². The van der Waals surface area contributed by atoms with Gasteiger partial charge in [0.25, 0.3) is 0 Å². The molecule has 78 valence electrons. The van der Waals surface area contributed by atoms with Crippen LogP contribution in [-0.4, -0.2) is 24.5 Å². The molecule has 1 aliphatic heterocycles. The third kappa shape index (κ3) is 2.09. The van der Waals surface area contributed by atoms with Crippen LogP contribution >= 0.6 is 0 Å². The molecule has 1 spiro atoms. The Labute approximate surface area is 86.9 Å². The van der Waals surface area contributed by atoms with Crippen molar-refractivity contribution in [2.45, 2.75) is 44.9 Å². The number of rotatable bonds is 2. The van der Waals surface area contributed by atoms with Crippen LogP contribution in [0.2, 0.25) is 0 Å².